The molecular formula is C26H24N2O5. The number of para-hydroxylation sites is 2. The van der Waals surface area contributed by atoms with Crippen LogP contribution in [0.4, 0.5) is 11.4 Å². The second-order valence-electron chi connectivity index (χ2n) is 7.30. The monoisotopic (exact) mass is 444 g/mol. The molecule has 0 aliphatic carbocycles. The Labute approximate surface area is 192 Å². The minimum Gasteiger partial charge on any atom is -0.497 e. The minimum absolute atomic E-state index is 0.244. The average Bonchev–Trinajstić information content (AvgIpc) is 3.12. The number of benzene rings is 3. The van der Waals surface area contributed by atoms with Crippen molar-refractivity contribution >= 4 is 28.8 Å². The summed E-state index contributed by atoms with van der Waals surface area (Å²) in [6.07, 6.45) is 0. The largest absolute Gasteiger partial charge is 0.497 e. The highest BCUT2D eigenvalue weighted by molar-refractivity contribution is 6.46. The molecule has 1 heterocycles. The van der Waals surface area contributed by atoms with Gasteiger partial charge < -0.3 is 19.1 Å². The molecule has 0 atom stereocenters. The van der Waals surface area contributed by atoms with Crippen LogP contribution in [0.3, 0.4) is 0 Å². The number of hydrogen-bond acceptors (Lipinski definition) is 6. The van der Waals surface area contributed by atoms with E-state index in [2.05, 4.69) is 0 Å². The molecule has 7 nitrogen and oxygen atoms in total. The number of imide groups is 1. The summed E-state index contributed by atoms with van der Waals surface area (Å²) in [6.45, 7) is 0. The second-order valence-corrected chi connectivity index (χ2v) is 7.30. The van der Waals surface area contributed by atoms with Crippen molar-refractivity contribution in [3.63, 3.8) is 0 Å². The fourth-order valence-corrected chi connectivity index (χ4v) is 3.89. The highest BCUT2D eigenvalue weighted by Gasteiger charge is 2.44. The van der Waals surface area contributed by atoms with Gasteiger partial charge in [-0.1, -0.05) is 36.4 Å². The number of ether oxygens (including phenoxy) is 3. The summed E-state index contributed by atoms with van der Waals surface area (Å²) in [6, 6.07) is 21.5. The van der Waals surface area contributed by atoms with Crippen molar-refractivity contribution < 1.29 is 23.8 Å². The third kappa shape index (κ3) is 3.78. The zero-order chi connectivity index (χ0) is 23.5. The number of amides is 2. The van der Waals surface area contributed by atoms with Gasteiger partial charge in [-0.3, -0.25) is 9.59 Å². The Morgan fingerprint density at radius 3 is 2.06 bits per heavy atom. The maximum atomic E-state index is 13.8. The molecule has 0 N–H and O–H groups in total. The van der Waals surface area contributed by atoms with Gasteiger partial charge in [-0.25, -0.2) is 4.90 Å². The van der Waals surface area contributed by atoms with Crippen molar-refractivity contribution in [1.82, 2.24) is 0 Å². The second kappa shape index (κ2) is 9.08. The standard InChI is InChI=1S/C26H24N2O5/c1-27(17-10-6-5-7-11-17)24-23(19-12-8-9-13-21(19)32-3)25(29)28(26(24)30)20-15-14-18(31-2)16-22(20)33-4/h5-16H,1-4H3. The Morgan fingerprint density at radius 2 is 1.39 bits per heavy atom. The summed E-state index contributed by atoms with van der Waals surface area (Å²) in [4.78, 5) is 30.5. The van der Waals surface area contributed by atoms with Crippen molar-refractivity contribution in [2.45, 2.75) is 0 Å². The van der Waals surface area contributed by atoms with E-state index in [1.807, 2.05) is 36.4 Å². The van der Waals surface area contributed by atoms with Gasteiger partial charge in [-0.15, -0.1) is 0 Å². The van der Waals surface area contributed by atoms with Crippen molar-refractivity contribution in [3.05, 3.63) is 84.1 Å². The first-order valence-electron chi connectivity index (χ1n) is 10.3. The maximum absolute atomic E-state index is 13.8. The molecule has 1 aliphatic rings. The number of methoxy groups -OCH3 is 3. The predicted molar refractivity (Wildman–Crippen MR) is 127 cm³/mol. The number of hydrogen-bond donors (Lipinski definition) is 0. The number of anilines is 2. The molecule has 2 amide bonds. The summed E-state index contributed by atoms with van der Waals surface area (Å²) in [5, 5.41) is 0. The number of nitrogens with zero attached hydrogens (tertiary/aromatic N) is 2. The lowest BCUT2D eigenvalue weighted by atomic mass is 10.0. The van der Waals surface area contributed by atoms with Crippen molar-refractivity contribution in [3.8, 4) is 17.2 Å². The summed E-state index contributed by atoms with van der Waals surface area (Å²) in [5.41, 5.74) is 2.13. The van der Waals surface area contributed by atoms with E-state index in [-0.39, 0.29) is 11.3 Å². The molecule has 4 rings (SSSR count). The van der Waals surface area contributed by atoms with Crippen LogP contribution in [0, 0.1) is 0 Å². The van der Waals surface area contributed by atoms with E-state index < -0.39 is 11.8 Å². The molecule has 0 bridgehead atoms. The first-order chi connectivity index (χ1) is 16.0. The smallest absolute Gasteiger partial charge is 0.282 e. The lowest BCUT2D eigenvalue weighted by Gasteiger charge is -2.22. The lowest BCUT2D eigenvalue weighted by Crippen LogP contribution is -2.34. The van der Waals surface area contributed by atoms with Crippen molar-refractivity contribution in [1.29, 1.82) is 0 Å². The molecule has 33 heavy (non-hydrogen) atoms. The van der Waals surface area contributed by atoms with Gasteiger partial charge in [0.2, 0.25) is 0 Å². The van der Waals surface area contributed by atoms with E-state index >= 15 is 0 Å². The predicted octanol–water partition coefficient (Wildman–Crippen LogP) is 4.13. The maximum Gasteiger partial charge on any atom is 0.282 e. The van der Waals surface area contributed by atoms with Gasteiger partial charge in [0.15, 0.2) is 0 Å². The zero-order valence-corrected chi connectivity index (χ0v) is 18.9. The molecule has 3 aromatic rings. The number of carbonyl (C=O) groups excluding carboxylic acids is 2. The molecule has 0 saturated carbocycles. The molecule has 0 saturated heterocycles. The molecule has 0 aromatic heterocycles. The van der Waals surface area contributed by atoms with E-state index in [0.717, 1.165) is 10.6 Å². The van der Waals surface area contributed by atoms with Gasteiger partial charge in [-0.05, 0) is 30.3 Å². The van der Waals surface area contributed by atoms with Gasteiger partial charge in [0, 0.05) is 24.4 Å². The molecule has 0 radical (unpaired) electrons. The Kier molecular flexibility index (Phi) is 6.04. The first kappa shape index (κ1) is 22.0. The van der Waals surface area contributed by atoms with Gasteiger partial charge in [-0.2, -0.15) is 0 Å². The highest BCUT2D eigenvalue weighted by Crippen LogP contribution is 2.42. The van der Waals surface area contributed by atoms with E-state index in [4.69, 9.17) is 14.2 Å². The highest BCUT2D eigenvalue weighted by atomic mass is 16.5. The minimum atomic E-state index is -0.467. The Bertz CT molecular complexity index is 1240. The van der Waals surface area contributed by atoms with E-state index in [9.17, 15) is 9.59 Å². The number of carbonyl (C=O) groups is 2. The van der Waals surface area contributed by atoms with Crippen LogP contribution < -0.4 is 24.0 Å². The van der Waals surface area contributed by atoms with Crippen LogP contribution in [-0.2, 0) is 9.59 Å². The summed E-state index contributed by atoms with van der Waals surface area (Å²) < 4.78 is 16.3. The lowest BCUT2D eigenvalue weighted by molar-refractivity contribution is -0.120. The third-order valence-corrected chi connectivity index (χ3v) is 5.54. The van der Waals surface area contributed by atoms with Crippen LogP contribution in [0.1, 0.15) is 5.56 Å². The molecular weight excluding hydrogens is 420 g/mol. The number of rotatable bonds is 7. The topological polar surface area (TPSA) is 68.3 Å². The molecule has 1 aliphatic heterocycles. The molecule has 3 aromatic carbocycles. The molecule has 0 unspecified atom stereocenters. The third-order valence-electron chi connectivity index (χ3n) is 5.54. The summed E-state index contributed by atoms with van der Waals surface area (Å²) >= 11 is 0. The van der Waals surface area contributed by atoms with Gasteiger partial charge in [0.1, 0.15) is 22.9 Å². The average molecular weight is 444 g/mol. The molecule has 0 spiro atoms. The zero-order valence-electron chi connectivity index (χ0n) is 18.9. The Balaban J connectivity index is 1.92. The van der Waals surface area contributed by atoms with E-state index in [1.165, 1.54) is 21.3 Å². The van der Waals surface area contributed by atoms with Crippen LogP contribution in [0.25, 0.3) is 5.57 Å². The molecule has 168 valence electrons. The molecule has 7 heteroatoms. The van der Waals surface area contributed by atoms with Crippen LogP contribution in [0.5, 0.6) is 17.2 Å². The number of likely N-dealkylation sites (N-methyl/N-ethyl adjacent to an activating group) is 1. The SMILES string of the molecule is COc1ccc(N2C(=O)C(c3ccccc3OC)=C(N(C)c3ccccc3)C2=O)c(OC)c1. The molecule has 0 fully saturated rings. The van der Waals surface area contributed by atoms with Crippen LogP contribution in [-0.4, -0.2) is 40.2 Å². The fourth-order valence-electron chi connectivity index (χ4n) is 3.89. The Hall–Kier alpha value is -4.26. The Morgan fingerprint density at radius 1 is 0.727 bits per heavy atom. The van der Waals surface area contributed by atoms with Crippen molar-refractivity contribution in [2.24, 2.45) is 0 Å². The normalized spacial score (nSPS) is 13.4. The van der Waals surface area contributed by atoms with Gasteiger partial charge >= 0.3 is 0 Å². The van der Waals surface area contributed by atoms with E-state index in [0.29, 0.717) is 28.5 Å². The van der Waals surface area contributed by atoms with E-state index in [1.54, 1.807) is 48.3 Å². The van der Waals surface area contributed by atoms with Gasteiger partial charge in [0.05, 0.1) is 32.6 Å². The van der Waals surface area contributed by atoms with Crippen LogP contribution in [0.15, 0.2) is 78.5 Å². The van der Waals surface area contributed by atoms with Crippen LogP contribution >= 0.6 is 0 Å². The van der Waals surface area contributed by atoms with Gasteiger partial charge in [0.25, 0.3) is 11.8 Å². The first-order valence-corrected chi connectivity index (χ1v) is 10.3. The van der Waals surface area contributed by atoms with Crippen LogP contribution in [0.2, 0.25) is 0 Å². The quantitative estimate of drug-likeness (QED) is 0.511. The fraction of sp³-hybridized carbons (Fsp3) is 0.154. The summed E-state index contributed by atoms with van der Waals surface area (Å²) in [5.74, 6) is 0.464. The summed E-state index contributed by atoms with van der Waals surface area (Å²) in [7, 11) is 6.31. The van der Waals surface area contributed by atoms with Crippen molar-refractivity contribution in [2.75, 3.05) is 38.2 Å².